The Kier molecular flexibility index (Phi) is 6.93. The van der Waals surface area contributed by atoms with Crippen LogP contribution in [-0.4, -0.2) is 42.5 Å². The van der Waals surface area contributed by atoms with Gasteiger partial charge in [-0.25, -0.2) is 0 Å². The molecule has 3 aromatic heterocycles. The number of aromatic nitrogens is 5. The van der Waals surface area contributed by atoms with Crippen LogP contribution in [0.15, 0.2) is 60.0 Å². The minimum absolute atomic E-state index is 0.0829. The van der Waals surface area contributed by atoms with Crippen molar-refractivity contribution in [1.82, 2.24) is 24.3 Å². The second-order valence-corrected chi connectivity index (χ2v) is 8.49. The Morgan fingerprint density at radius 2 is 1.76 bits per heavy atom. The molecule has 0 amide bonds. The fourth-order valence-corrected chi connectivity index (χ4v) is 4.76. The molecular formula is C25H27N5O2S. The minimum atomic E-state index is 0.0829. The normalized spacial score (nSPS) is 11.0. The van der Waals surface area contributed by atoms with E-state index in [-0.39, 0.29) is 11.5 Å². The van der Waals surface area contributed by atoms with Crippen molar-refractivity contribution in [2.24, 2.45) is 0 Å². The van der Waals surface area contributed by atoms with Gasteiger partial charge in [0.1, 0.15) is 5.75 Å². The number of hydrogen-bond donors (Lipinski definition) is 0. The highest BCUT2D eigenvalue weighted by atomic mass is 32.2. The molecule has 170 valence electrons. The lowest BCUT2D eigenvalue weighted by molar-refractivity contribution is 0.102. The zero-order valence-corrected chi connectivity index (χ0v) is 20.1. The van der Waals surface area contributed by atoms with Crippen molar-refractivity contribution in [2.75, 3.05) is 12.4 Å². The molecule has 0 N–H and O–H groups in total. The van der Waals surface area contributed by atoms with Gasteiger partial charge < -0.3 is 9.30 Å². The van der Waals surface area contributed by atoms with Crippen LogP contribution in [0.3, 0.4) is 0 Å². The van der Waals surface area contributed by atoms with Gasteiger partial charge in [0.2, 0.25) is 0 Å². The lowest BCUT2D eigenvalue weighted by atomic mass is 10.2. The lowest BCUT2D eigenvalue weighted by Crippen LogP contribution is -2.07. The van der Waals surface area contributed by atoms with Crippen LogP contribution in [0.4, 0.5) is 0 Å². The van der Waals surface area contributed by atoms with E-state index in [0.717, 1.165) is 40.5 Å². The summed E-state index contributed by atoms with van der Waals surface area (Å²) in [5.74, 6) is 1.86. The number of nitrogens with zero attached hydrogens (tertiary/aromatic N) is 5. The summed E-state index contributed by atoms with van der Waals surface area (Å²) in [6.45, 7) is 9.53. The summed E-state index contributed by atoms with van der Waals surface area (Å²) >= 11 is 1.39. The van der Waals surface area contributed by atoms with Crippen molar-refractivity contribution in [3.05, 3.63) is 71.8 Å². The first kappa shape index (κ1) is 22.8. The summed E-state index contributed by atoms with van der Waals surface area (Å²) in [6.07, 6.45) is 3.46. The number of pyridine rings is 1. The number of rotatable bonds is 9. The van der Waals surface area contributed by atoms with Crippen molar-refractivity contribution in [3.63, 3.8) is 0 Å². The van der Waals surface area contributed by atoms with E-state index in [2.05, 4.69) is 26.7 Å². The van der Waals surface area contributed by atoms with Gasteiger partial charge in [0.25, 0.3) is 0 Å². The molecule has 0 unspecified atom stereocenters. The number of ether oxygens (including phenoxy) is 1. The summed E-state index contributed by atoms with van der Waals surface area (Å²) in [5.41, 5.74) is 4.67. The second kappa shape index (κ2) is 10.0. The average molecular weight is 462 g/mol. The van der Waals surface area contributed by atoms with E-state index in [1.165, 1.54) is 11.8 Å². The van der Waals surface area contributed by atoms with Crippen LogP contribution in [0, 0.1) is 13.8 Å². The highest BCUT2D eigenvalue weighted by Gasteiger charge is 2.20. The summed E-state index contributed by atoms with van der Waals surface area (Å²) in [5, 5.41) is 9.52. The van der Waals surface area contributed by atoms with Gasteiger partial charge in [0.05, 0.1) is 12.4 Å². The number of carbonyl (C=O) groups excluding carboxylic acids is 1. The Morgan fingerprint density at radius 1 is 1.03 bits per heavy atom. The molecule has 0 bridgehead atoms. The maximum atomic E-state index is 13.0. The van der Waals surface area contributed by atoms with E-state index in [0.29, 0.717) is 17.6 Å². The number of Topliss-reactive ketones (excluding diaryl/α,β-unsaturated/α-hetero) is 1. The molecule has 0 fully saturated rings. The van der Waals surface area contributed by atoms with Gasteiger partial charge in [-0.2, -0.15) is 0 Å². The van der Waals surface area contributed by atoms with E-state index >= 15 is 0 Å². The van der Waals surface area contributed by atoms with Crippen LogP contribution < -0.4 is 4.74 Å². The van der Waals surface area contributed by atoms with E-state index in [1.807, 2.05) is 67.8 Å². The molecule has 1 aromatic carbocycles. The minimum Gasteiger partial charge on any atom is -0.494 e. The molecule has 8 heteroatoms. The lowest BCUT2D eigenvalue weighted by Gasteiger charge is -2.11. The first-order valence-corrected chi connectivity index (χ1v) is 11.9. The second-order valence-electron chi connectivity index (χ2n) is 7.55. The summed E-state index contributed by atoms with van der Waals surface area (Å²) in [4.78, 5) is 17.1. The molecule has 4 rings (SSSR count). The van der Waals surface area contributed by atoms with E-state index in [1.54, 1.807) is 12.4 Å². The van der Waals surface area contributed by atoms with Crippen molar-refractivity contribution >= 4 is 17.5 Å². The fourth-order valence-electron chi connectivity index (χ4n) is 3.92. The molecule has 0 saturated carbocycles. The maximum Gasteiger partial charge on any atom is 0.196 e. The van der Waals surface area contributed by atoms with Crippen LogP contribution in [0.1, 0.15) is 35.6 Å². The Balaban J connectivity index is 1.65. The summed E-state index contributed by atoms with van der Waals surface area (Å²) in [7, 11) is 0. The molecule has 0 atom stereocenters. The molecule has 0 aliphatic heterocycles. The zero-order valence-electron chi connectivity index (χ0n) is 19.3. The summed E-state index contributed by atoms with van der Waals surface area (Å²) in [6, 6.07) is 13.6. The number of hydrogen-bond acceptors (Lipinski definition) is 6. The number of ketones is 1. The van der Waals surface area contributed by atoms with Crippen LogP contribution in [-0.2, 0) is 6.54 Å². The summed E-state index contributed by atoms with van der Waals surface area (Å²) < 4.78 is 9.71. The van der Waals surface area contributed by atoms with Crippen molar-refractivity contribution < 1.29 is 9.53 Å². The predicted molar refractivity (Wildman–Crippen MR) is 130 cm³/mol. The molecule has 0 radical (unpaired) electrons. The van der Waals surface area contributed by atoms with Gasteiger partial charge in [0, 0.05) is 47.1 Å². The molecule has 4 aromatic rings. The molecule has 0 saturated heterocycles. The van der Waals surface area contributed by atoms with Gasteiger partial charge in [-0.1, -0.05) is 11.8 Å². The average Bonchev–Trinajstić information content (AvgIpc) is 3.39. The fraction of sp³-hybridized carbons (Fsp3) is 0.280. The SMILES string of the molecule is CCOc1ccc(-n2c(SCC(=O)c3cc(C)n(CC)c3C)nnc2-c2ccncc2)cc1. The quantitative estimate of drug-likeness (QED) is 0.254. The molecule has 7 nitrogen and oxygen atoms in total. The van der Waals surface area contributed by atoms with Crippen LogP contribution in [0.25, 0.3) is 17.1 Å². The van der Waals surface area contributed by atoms with E-state index < -0.39 is 0 Å². The van der Waals surface area contributed by atoms with Crippen LogP contribution in [0.2, 0.25) is 0 Å². The number of carbonyl (C=O) groups is 1. The van der Waals surface area contributed by atoms with Gasteiger partial charge in [-0.05, 0) is 70.2 Å². The van der Waals surface area contributed by atoms with Crippen LogP contribution in [0.5, 0.6) is 5.75 Å². The first-order valence-electron chi connectivity index (χ1n) is 10.9. The molecular weight excluding hydrogens is 434 g/mol. The highest BCUT2D eigenvalue weighted by Crippen LogP contribution is 2.29. The molecule has 0 aliphatic rings. The number of aryl methyl sites for hydroxylation is 1. The molecule has 33 heavy (non-hydrogen) atoms. The van der Waals surface area contributed by atoms with Gasteiger partial charge in [0.15, 0.2) is 16.8 Å². The first-order chi connectivity index (χ1) is 16.0. The Morgan fingerprint density at radius 3 is 2.39 bits per heavy atom. The monoisotopic (exact) mass is 461 g/mol. The standard InChI is InChI=1S/C25H27N5O2S/c1-5-29-17(3)15-22(18(29)4)23(31)16-33-25-28-27-24(19-11-13-26-14-12-19)30(25)20-7-9-21(10-8-20)32-6-2/h7-15H,5-6,16H2,1-4H3. The van der Waals surface area contributed by atoms with Crippen molar-refractivity contribution in [3.8, 4) is 22.8 Å². The van der Waals surface area contributed by atoms with Crippen molar-refractivity contribution in [2.45, 2.75) is 39.4 Å². The Hall–Kier alpha value is -3.39. The predicted octanol–water partition coefficient (Wildman–Crippen LogP) is 5.14. The smallest absolute Gasteiger partial charge is 0.196 e. The van der Waals surface area contributed by atoms with E-state index in [4.69, 9.17) is 4.74 Å². The molecule has 0 spiro atoms. The van der Waals surface area contributed by atoms with Gasteiger partial charge in [-0.3, -0.25) is 14.3 Å². The molecule has 3 heterocycles. The van der Waals surface area contributed by atoms with Crippen LogP contribution >= 0.6 is 11.8 Å². The Bertz CT molecular complexity index is 1250. The number of thioether (sulfide) groups is 1. The van der Waals surface area contributed by atoms with Gasteiger partial charge in [-0.15, -0.1) is 10.2 Å². The largest absolute Gasteiger partial charge is 0.494 e. The third-order valence-electron chi connectivity index (χ3n) is 5.50. The third-order valence-corrected chi connectivity index (χ3v) is 6.43. The highest BCUT2D eigenvalue weighted by molar-refractivity contribution is 7.99. The van der Waals surface area contributed by atoms with Crippen molar-refractivity contribution in [1.29, 1.82) is 0 Å². The topological polar surface area (TPSA) is 74.8 Å². The van der Waals surface area contributed by atoms with E-state index in [9.17, 15) is 4.79 Å². The van der Waals surface area contributed by atoms with Gasteiger partial charge >= 0.3 is 0 Å². The number of benzene rings is 1. The molecule has 0 aliphatic carbocycles. The zero-order chi connectivity index (χ0) is 23.4. The Labute approximate surface area is 197 Å². The third kappa shape index (κ3) is 4.71. The maximum absolute atomic E-state index is 13.0.